The van der Waals surface area contributed by atoms with Crippen molar-refractivity contribution in [3.63, 3.8) is 0 Å². The molecule has 0 spiro atoms. The third-order valence-corrected chi connectivity index (χ3v) is 3.98. The molecule has 6 nitrogen and oxygen atoms in total. The maximum absolute atomic E-state index is 12.3. The largest absolute Gasteiger partial charge is 0.493 e. The van der Waals surface area contributed by atoms with Crippen LogP contribution in [0, 0.1) is 0 Å². The van der Waals surface area contributed by atoms with Crippen molar-refractivity contribution in [1.82, 2.24) is 15.1 Å². The molecule has 1 aromatic rings. The summed E-state index contributed by atoms with van der Waals surface area (Å²) >= 11 is 0. The van der Waals surface area contributed by atoms with E-state index in [1.807, 2.05) is 30.1 Å². The predicted octanol–water partition coefficient (Wildman–Crippen LogP) is 2.87. The fraction of sp³-hybridized carbons (Fsp3) is 0.611. The Morgan fingerprint density at radius 3 is 2.29 bits per heavy atom. The van der Waals surface area contributed by atoms with Crippen molar-refractivity contribution < 1.29 is 22.6 Å². The first kappa shape index (κ1) is 26.6. The maximum Gasteiger partial charge on any atom is 0.401 e. The van der Waals surface area contributed by atoms with Crippen LogP contribution in [-0.4, -0.2) is 83.5 Å². The summed E-state index contributed by atoms with van der Waals surface area (Å²) in [5, 5.41) is 3.09. The quantitative estimate of drug-likeness (QED) is 0.310. The SMILES string of the molecule is CN=C(NCCN(C)CC(F)(F)F)N(C)CCc1ccc(OC)c(OC)c1.I. The molecule has 0 radical (unpaired) electrons. The van der Waals surface area contributed by atoms with E-state index < -0.39 is 12.7 Å². The van der Waals surface area contributed by atoms with Gasteiger partial charge in [0.15, 0.2) is 17.5 Å². The van der Waals surface area contributed by atoms with E-state index in [2.05, 4.69) is 10.3 Å². The summed E-state index contributed by atoms with van der Waals surface area (Å²) in [7, 11) is 8.16. The number of methoxy groups -OCH3 is 2. The van der Waals surface area contributed by atoms with Crippen LogP contribution in [0.5, 0.6) is 11.5 Å². The molecule has 162 valence electrons. The highest BCUT2D eigenvalue weighted by atomic mass is 127. The van der Waals surface area contributed by atoms with Crippen LogP contribution in [0.2, 0.25) is 0 Å². The molecule has 0 aliphatic heterocycles. The zero-order valence-corrected chi connectivity index (χ0v) is 19.3. The molecule has 0 aromatic heterocycles. The second kappa shape index (κ2) is 12.9. The van der Waals surface area contributed by atoms with Gasteiger partial charge in [0.1, 0.15) is 0 Å². The number of guanidine groups is 1. The topological polar surface area (TPSA) is 49.3 Å². The van der Waals surface area contributed by atoms with Gasteiger partial charge in [-0.3, -0.25) is 9.89 Å². The Hall–Kier alpha value is -1.43. The van der Waals surface area contributed by atoms with Crippen LogP contribution >= 0.6 is 24.0 Å². The number of ether oxygens (including phenoxy) is 2. The number of likely N-dealkylation sites (N-methyl/N-ethyl adjacent to an activating group) is 2. The Labute approximate surface area is 182 Å². The van der Waals surface area contributed by atoms with Crippen molar-refractivity contribution in [1.29, 1.82) is 0 Å². The van der Waals surface area contributed by atoms with Gasteiger partial charge in [0.2, 0.25) is 0 Å². The lowest BCUT2D eigenvalue weighted by Crippen LogP contribution is -2.43. The standard InChI is InChI=1S/C18H29F3N4O2.HI/c1-22-17(23-9-11-24(2)13-18(19,20)21)25(3)10-8-14-6-7-15(26-4)16(12-14)27-5;/h6-7,12H,8-11,13H2,1-5H3,(H,22,23);1H. The van der Waals surface area contributed by atoms with E-state index in [1.165, 1.54) is 11.9 Å². The van der Waals surface area contributed by atoms with Crippen molar-refractivity contribution in [2.45, 2.75) is 12.6 Å². The van der Waals surface area contributed by atoms with Crippen molar-refractivity contribution in [2.75, 3.05) is 61.5 Å². The molecule has 28 heavy (non-hydrogen) atoms. The Kier molecular flexibility index (Phi) is 12.3. The lowest BCUT2D eigenvalue weighted by molar-refractivity contribution is -0.142. The smallest absolute Gasteiger partial charge is 0.401 e. The number of aliphatic imine (C=N–C) groups is 1. The van der Waals surface area contributed by atoms with Gasteiger partial charge in [-0.15, -0.1) is 24.0 Å². The molecular formula is C18H30F3IN4O2. The molecule has 0 amide bonds. The molecule has 1 rings (SSSR count). The lowest BCUT2D eigenvalue weighted by atomic mass is 10.1. The highest BCUT2D eigenvalue weighted by Crippen LogP contribution is 2.27. The number of hydrogen-bond acceptors (Lipinski definition) is 4. The summed E-state index contributed by atoms with van der Waals surface area (Å²) in [6.07, 6.45) is -3.43. The van der Waals surface area contributed by atoms with Gasteiger partial charge in [0, 0.05) is 33.7 Å². The molecule has 1 aromatic carbocycles. The van der Waals surface area contributed by atoms with E-state index in [-0.39, 0.29) is 30.5 Å². The number of alkyl halides is 3. The minimum absolute atomic E-state index is 0. The van der Waals surface area contributed by atoms with E-state index in [9.17, 15) is 13.2 Å². The summed E-state index contributed by atoms with van der Waals surface area (Å²) in [4.78, 5) is 7.34. The van der Waals surface area contributed by atoms with Crippen molar-refractivity contribution in [2.24, 2.45) is 4.99 Å². The minimum Gasteiger partial charge on any atom is -0.493 e. The number of rotatable bonds is 9. The second-order valence-corrected chi connectivity index (χ2v) is 6.19. The van der Waals surface area contributed by atoms with E-state index >= 15 is 0 Å². The van der Waals surface area contributed by atoms with Crippen LogP contribution in [0.1, 0.15) is 5.56 Å². The van der Waals surface area contributed by atoms with Gasteiger partial charge in [0.25, 0.3) is 0 Å². The van der Waals surface area contributed by atoms with E-state index in [1.54, 1.807) is 21.3 Å². The van der Waals surface area contributed by atoms with Gasteiger partial charge in [0.05, 0.1) is 20.8 Å². The molecule has 0 aliphatic rings. The molecule has 0 atom stereocenters. The number of nitrogens with one attached hydrogen (secondary N) is 1. The normalized spacial score (nSPS) is 11.8. The number of hydrogen-bond donors (Lipinski definition) is 1. The molecule has 0 saturated carbocycles. The average Bonchev–Trinajstić information content (AvgIpc) is 2.61. The van der Waals surface area contributed by atoms with Gasteiger partial charge < -0.3 is 19.7 Å². The second-order valence-electron chi connectivity index (χ2n) is 6.19. The molecule has 0 saturated heterocycles. The van der Waals surface area contributed by atoms with Crippen LogP contribution in [0.3, 0.4) is 0 Å². The van der Waals surface area contributed by atoms with Crippen LogP contribution < -0.4 is 14.8 Å². The molecule has 10 heteroatoms. The Balaban J connectivity index is 0.00000729. The van der Waals surface area contributed by atoms with Gasteiger partial charge in [-0.05, 0) is 31.2 Å². The molecule has 0 fully saturated rings. The van der Waals surface area contributed by atoms with Gasteiger partial charge in [-0.2, -0.15) is 13.2 Å². The fourth-order valence-electron chi connectivity index (χ4n) is 2.57. The molecular weight excluding hydrogens is 488 g/mol. The van der Waals surface area contributed by atoms with Gasteiger partial charge in [-0.1, -0.05) is 6.07 Å². The summed E-state index contributed by atoms with van der Waals surface area (Å²) in [5.41, 5.74) is 1.08. The Morgan fingerprint density at radius 1 is 1.11 bits per heavy atom. The van der Waals surface area contributed by atoms with Gasteiger partial charge in [-0.25, -0.2) is 0 Å². The summed E-state index contributed by atoms with van der Waals surface area (Å²) in [6.45, 7) is 0.401. The van der Waals surface area contributed by atoms with Crippen LogP contribution in [0.15, 0.2) is 23.2 Å². The first-order valence-electron chi connectivity index (χ1n) is 8.58. The summed E-state index contributed by atoms with van der Waals surface area (Å²) in [5.74, 6) is 1.99. The van der Waals surface area contributed by atoms with E-state index in [0.717, 1.165) is 12.0 Å². The van der Waals surface area contributed by atoms with Gasteiger partial charge >= 0.3 is 6.18 Å². The third kappa shape index (κ3) is 9.67. The minimum atomic E-state index is -4.19. The predicted molar refractivity (Wildman–Crippen MR) is 116 cm³/mol. The monoisotopic (exact) mass is 518 g/mol. The van der Waals surface area contributed by atoms with E-state index in [0.29, 0.717) is 30.5 Å². The summed E-state index contributed by atoms with van der Waals surface area (Å²) in [6, 6.07) is 5.75. The van der Waals surface area contributed by atoms with Crippen LogP contribution in [-0.2, 0) is 6.42 Å². The lowest BCUT2D eigenvalue weighted by Gasteiger charge is -2.24. The zero-order valence-electron chi connectivity index (χ0n) is 17.0. The van der Waals surface area contributed by atoms with Crippen molar-refractivity contribution in [3.05, 3.63) is 23.8 Å². The zero-order chi connectivity index (χ0) is 20.4. The number of nitrogens with zero attached hydrogens (tertiary/aromatic N) is 3. The van der Waals surface area contributed by atoms with Crippen LogP contribution in [0.4, 0.5) is 13.2 Å². The summed E-state index contributed by atoms with van der Waals surface area (Å²) < 4.78 is 47.5. The maximum atomic E-state index is 12.3. The molecule has 0 heterocycles. The first-order chi connectivity index (χ1) is 12.7. The Bertz CT molecular complexity index is 615. The first-order valence-corrected chi connectivity index (χ1v) is 8.58. The average molecular weight is 518 g/mol. The highest BCUT2D eigenvalue weighted by molar-refractivity contribution is 14.0. The van der Waals surface area contributed by atoms with Crippen molar-refractivity contribution >= 4 is 29.9 Å². The van der Waals surface area contributed by atoms with Crippen LogP contribution in [0.25, 0.3) is 0 Å². The molecule has 0 bridgehead atoms. The number of halogens is 4. The Morgan fingerprint density at radius 2 is 1.75 bits per heavy atom. The highest BCUT2D eigenvalue weighted by Gasteiger charge is 2.28. The molecule has 1 N–H and O–H groups in total. The number of benzene rings is 1. The van der Waals surface area contributed by atoms with E-state index in [4.69, 9.17) is 9.47 Å². The van der Waals surface area contributed by atoms with Crippen molar-refractivity contribution in [3.8, 4) is 11.5 Å². The molecule has 0 unspecified atom stereocenters. The third-order valence-electron chi connectivity index (χ3n) is 3.98. The molecule has 0 aliphatic carbocycles. The fourth-order valence-corrected chi connectivity index (χ4v) is 2.57.